The van der Waals surface area contributed by atoms with Gasteiger partial charge in [-0.1, -0.05) is 0 Å². The van der Waals surface area contributed by atoms with Gasteiger partial charge in [-0.3, -0.25) is 10.1 Å². The van der Waals surface area contributed by atoms with E-state index in [0.717, 1.165) is 28.2 Å². The molecule has 1 N–H and O–H groups in total. The first-order chi connectivity index (χ1) is 12.0. The Bertz CT molecular complexity index is 968. The van der Waals surface area contributed by atoms with Crippen molar-refractivity contribution in [3.8, 4) is 0 Å². The number of carbonyl (C=O) groups is 2. The molecule has 0 spiro atoms. The molecule has 0 aliphatic rings. The monoisotopic (exact) mass is 356 g/mol. The van der Waals surface area contributed by atoms with Crippen molar-refractivity contribution in [1.29, 1.82) is 0 Å². The lowest BCUT2D eigenvalue weighted by Gasteiger charge is -2.05. The number of hydrogen-bond acceptors (Lipinski definition) is 7. The summed E-state index contributed by atoms with van der Waals surface area (Å²) in [4.78, 5) is 37.0. The molecule has 3 rings (SSSR count). The lowest BCUT2D eigenvalue weighted by molar-refractivity contribution is 0.0520. The molecule has 0 unspecified atom stereocenters. The lowest BCUT2D eigenvalue weighted by Crippen LogP contribution is -2.12. The van der Waals surface area contributed by atoms with Crippen molar-refractivity contribution in [2.75, 3.05) is 11.9 Å². The lowest BCUT2D eigenvalue weighted by atomic mass is 10.1. The van der Waals surface area contributed by atoms with Crippen molar-refractivity contribution in [2.45, 2.75) is 20.8 Å². The van der Waals surface area contributed by atoms with Crippen LogP contribution in [0.1, 0.15) is 39.2 Å². The van der Waals surface area contributed by atoms with Crippen molar-refractivity contribution in [2.24, 2.45) is 0 Å². The summed E-state index contributed by atoms with van der Waals surface area (Å²) in [7, 11) is 0. The normalized spacial score (nSPS) is 10.7. The fraction of sp³-hybridized carbons (Fsp3) is 0.235. The number of nitrogens with one attached hydrogen (secondary N) is 1. The maximum atomic E-state index is 12.4. The molecular formula is C17H16N4O3S. The van der Waals surface area contributed by atoms with Crippen LogP contribution in [0.5, 0.6) is 0 Å². The summed E-state index contributed by atoms with van der Waals surface area (Å²) in [5.74, 6) is -0.835. The maximum Gasteiger partial charge on any atom is 0.357 e. The highest BCUT2D eigenvalue weighted by Gasteiger charge is 2.14. The van der Waals surface area contributed by atoms with Crippen LogP contribution in [0.3, 0.4) is 0 Å². The Morgan fingerprint density at radius 2 is 1.84 bits per heavy atom. The number of carbonyl (C=O) groups excluding carboxylic acids is 2. The Hall–Kier alpha value is -2.87. The van der Waals surface area contributed by atoms with Gasteiger partial charge in [-0.15, -0.1) is 11.3 Å². The predicted molar refractivity (Wildman–Crippen MR) is 95.0 cm³/mol. The third-order valence-corrected chi connectivity index (χ3v) is 4.30. The Morgan fingerprint density at radius 1 is 1.12 bits per heavy atom. The van der Waals surface area contributed by atoms with Crippen molar-refractivity contribution in [3.63, 3.8) is 0 Å². The van der Waals surface area contributed by atoms with E-state index in [0.29, 0.717) is 16.2 Å². The highest BCUT2D eigenvalue weighted by molar-refractivity contribution is 7.14. The van der Waals surface area contributed by atoms with Gasteiger partial charge in [0.15, 0.2) is 10.8 Å². The highest BCUT2D eigenvalue weighted by Crippen LogP contribution is 2.19. The predicted octanol–water partition coefficient (Wildman–Crippen LogP) is 3.13. The van der Waals surface area contributed by atoms with Gasteiger partial charge < -0.3 is 4.74 Å². The number of hydrogen-bond donors (Lipinski definition) is 1. The van der Waals surface area contributed by atoms with E-state index in [4.69, 9.17) is 4.74 Å². The quantitative estimate of drug-likeness (QED) is 0.722. The van der Waals surface area contributed by atoms with Crippen molar-refractivity contribution >= 4 is 39.4 Å². The van der Waals surface area contributed by atoms with E-state index in [9.17, 15) is 9.59 Å². The van der Waals surface area contributed by atoms with Crippen molar-refractivity contribution in [1.82, 2.24) is 15.0 Å². The van der Waals surface area contributed by atoms with Gasteiger partial charge in [0.2, 0.25) is 0 Å². The number of fused-ring (bicyclic) bond motifs is 1. The molecule has 1 aromatic carbocycles. The van der Waals surface area contributed by atoms with Crippen LogP contribution in [0, 0.1) is 13.8 Å². The third-order valence-electron chi connectivity index (χ3n) is 3.55. The topological polar surface area (TPSA) is 94.1 Å². The average molecular weight is 356 g/mol. The third kappa shape index (κ3) is 3.63. The van der Waals surface area contributed by atoms with Crippen LogP contribution in [0.25, 0.3) is 11.0 Å². The molecule has 0 bridgehead atoms. The zero-order valence-electron chi connectivity index (χ0n) is 14.0. The number of thiazole rings is 1. The molecule has 8 heteroatoms. The van der Waals surface area contributed by atoms with Crippen LogP contribution in [-0.2, 0) is 4.74 Å². The fourth-order valence-corrected chi connectivity index (χ4v) is 2.85. The highest BCUT2D eigenvalue weighted by atomic mass is 32.1. The summed E-state index contributed by atoms with van der Waals surface area (Å²) in [5.41, 5.74) is 3.69. The summed E-state index contributed by atoms with van der Waals surface area (Å²) >= 11 is 1.16. The number of rotatable bonds is 4. The van der Waals surface area contributed by atoms with Gasteiger partial charge in [0.1, 0.15) is 0 Å². The zero-order valence-corrected chi connectivity index (χ0v) is 14.8. The van der Waals surface area contributed by atoms with E-state index in [-0.39, 0.29) is 18.2 Å². The van der Waals surface area contributed by atoms with Gasteiger partial charge in [0.25, 0.3) is 5.91 Å². The van der Waals surface area contributed by atoms with Crippen LogP contribution < -0.4 is 5.32 Å². The zero-order chi connectivity index (χ0) is 18.0. The van der Waals surface area contributed by atoms with Crippen LogP contribution in [0.2, 0.25) is 0 Å². The standard InChI is InChI=1S/C17H16N4O3S/c1-4-24-16(23)14-8-25-17(20-14)21-15(22)11-5-6-12-13(7-11)19-10(3)9(2)18-12/h5-8H,4H2,1-3H3,(H,20,21,22). The SMILES string of the molecule is CCOC(=O)c1csc(NC(=O)c2ccc3nc(C)c(C)nc3c2)n1. The van der Waals surface area contributed by atoms with Gasteiger partial charge in [-0.2, -0.15) is 0 Å². The molecule has 128 valence electrons. The van der Waals surface area contributed by atoms with E-state index in [1.54, 1.807) is 30.5 Å². The first-order valence-electron chi connectivity index (χ1n) is 7.67. The average Bonchev–Trinajstić information content (AvgIpc) is 3.04. The summed E-state index contributed by atoms with van der Waals surface area (Å²) in [5, 5.41) is 4.56. The number of ether oxygens (including phenoxy) is 1. The van der Waals surface area contributed by atoms with E-state index >= 15 is 0 Å². The molecule has 2 heterocycles. The van der Waals surface area contributed by atoms with Gasteiger partial charge in [0, 0.05) is 10.9 Å². The first kappa shape index (κ1) is 17.0. The minimum absolute atomic E-state index is 0.178. The van der Waals surface area contributed by atoms with E-state index < -0.39 is 5.97 Å². The smallest absolute Gasteiger partial charge is 0.357 e. The minimum Gasteiger partial charge on any atom is -0.461 e. The number of aromatic nitrogens is 3. The number of amides is 1. The number of benzene rings is 1. The van der Waals surface area contributed by atoms with Crippen LogP contribution in [0.15, 0.2) is 23.6 Å². The van der Waals surface area contributed by atoms with E-state index in [1.807, 2.05) is 13.8 Å². The first-order valence-corrected chi connectivity index (χ1v) is 8.55. The maximum absolute atomic E-state index is 12.4. The molecule has 0 saturated heterocycles. The molecular weight excluding hydrogens is 340 g/mol. The van der Waals surface area contributed by atoms with Crippen LogP contribution in [-0.4, -0.2) is 33.4 Å². The van der Waals surface area contributed by atoms with Crippen molar-refractivity contribution in [3.05, 3.63) is 46.2 Å². The number of esters is 1. The van der Waals surface area contributed by atoms with E-state index in [1.165, 1.54) is 0 Å². The molecule has 7 nitrogen and oxygen atoms in total. The molecule has 0 aliphatic heterocycles. The van der Waals surface area contributed by atoms with Crippen LogP contribution in [0.4, 0.5) is 5.13 Å². The molecule has 0 fully saturated rings. The Kier molecular flexibility index (Phi) is 4.71. The molecule has 25 heavy (non-hydrogen) atoms. The Morgan fingerprint density at radius 3 is 2.56 bits per heavy atom. The summed E-state index contributed by atoms with van der Waals surface area (Å²) < 4.78 is 4.88. The molecule has 0 radical (unpaired) electrons. The van der Waals surface area contributed by atoms with E-state index in [2.05, 4.69) is 20.3 Å². The molecule has 1 amide bonds. The molecule has 0 aliphatic carbocycles. The number of aryl methyl sites for hydroxylation is 2. The minimum atomic E-state index is -0.508. The molecule has 3 aromatic rings. The summed E-state index contributed by atoms with van der Waals surface area (Å²) in [6.45, 7) is 5.76. The largest absolute Gasteiger partial charge is 0.461 e. The molecule has 0 atom stereocenters. The second kappa shape index (κ2) is 6.94. The second-order valence-corrected chi connectivity index (χ2v) is 6.17. The van der Waals surface area contributed by atoms with Crippen LogP contribution >= 0.6 is 11.3 Å². The van der Waals surface area contributed by atoms with Gasteiger partial charge in [-0.25, -0.2) is 19.7 Å². The number of anilines is 1. The second-order valence-electron chi connectivity index (χ2n) is 5.31. The van der Waals surface area contributed by atoms with Gasteiger partial charge in [0.05, 0.1) is 29.0 Å². The molecule has 0 saturated carbocycles. The molecule has 2 aromatic heterocycles. The summed E-state index contributed by atoms with van der Waals surface area (Å²) in [6, 6.07) is 5.13. The Balaban J connectivity index is 1.80. The summed E-state index contributed by atoms with van der Waals surface area (Å²) in [6.07, 6.45) is 0. The fourth-order valence-electron chi connectivity index (χ4n) is 2.17. The van der Waals surface area contributed by atoms with Crippen molar-refractivity contribution < 1.29 is 14.3 Å². The number of nitrogens with zero attached hydrogens (tertiary/aromatic N) is 3. The van der Waals surface area contributed by atoms with Gasteiger partial charge in [-0.05, 0) is 39.0 Å². The Labute approximate surface area is 148 Å². The van der Waals surface area contributed by atoms with Gasteiger partial charge >= 0.3 is 5.97 Å².